The summed E-state index contributed by atoms with van der Waals surface area (Å²) in [6, 6.07) is 14.3. The number of hydrogen-bond acceptors (Lipinski definition) is 4. The van der Waals surface area contributed by atoms with Crippen LogP contribution in [0.4, 0.5) is 4.39 Å². The highest BCUT2D eigenvalue weighted by Gasteiger charge is 2.41. The van der Waals surface area contributed by atoms with Crippen molar-refractivity contribution in [3.05, 3.63) is 83.2 Å². The van der Waals surface area contributed by atoms with Crippen LogP contribution in [-0.4, -0.2) is 39.2 Å². The first-order valence-electron chi connectivity index (χ1n) is 10.9. The third-order valence-corrected chi connectivity index (χ3v) is 6.44. The quantitative estimate of drug-likeness (QED) is 0.407. The highest BCUT2D eigenvalue weighted by Crippen LogP contribution is 2.41. The number of aryl methyl sites for hydroxylation is 1. The number of benzene rings is 1. The fourth-order valence-electron chi connectivity index (χ4n) is 4.57. The minimum absolute atomic E-state index is 0.156. The summed E-state index contributed by atoms with van der Waals surface area (Å²) in [6.07, 6.45) is 2.68. The van der Waals surface area contributed by atoms with Gasteiger partial charge in [0, 0.05) is 30.6 Å². The molecule has 1 aliphatic heterocycles. The Labute approximate surface area is 198 Å². The number of aromatic nitrogens is 2. The molecule has 4 rings (SSSR count). The highest BCUT2D eigenvalue weighted by molar-refractivity contribution is 7.80. The molecule has 3 aromatic rings. The SMILES string of the molecule is COC(=O)CCCN1C(=S)N[C@H](c2ccccn2)[C@@H]1c1cc(C)n(-c2ccccc2F)c1C. The van der Waals surface area contributed by atoms with Crippen LogP contribution in [0.1, 0.15) is 47.6 Å². The fourth-order valence-corrected chi connectivity index (χ4v) is 4.90. The van der Waals surface area contributed by atoms with Crippen LogP contribution in [0.3, 0.4) is 0 Å². The smallest absolute Gasteiger partial charge is 0.305 e. The van der Waals surface area contributed by atoms with Gasteiger partial charge in [-0.15, -0.1) is 0 Å². The van der Waals surface area contributed by atoms with Gasteiger partial charge in [-0.1, -0.05) is 18.2 Å². The largest absolute Gasteiger partial charge is 0.469 e. The zero-order valence-electron chi connectivity index (χ0n) is 18.9. The molecule has 1 aromatic carbocycles. The maximum absolute atomic E-state index is 14.7. The van der Waals surface area contributed by atoms with E-state index in [1.165, 1.54) is 13.2 Å². The van der Waals surface area contributed by atoms with Crippen molar-refractivity contribution in [2.24, 2.45) is 0 Å². The third-order valence-electron chi connectivity index (χ3n) is 6.09. The van der Waals surface area contributed by atoms with Gasteiger partial charge in [0.1, 0.15) is 5.82 Å². The Hall–Kier alpha value is -3.26. The molecule has 172 valence electrons. The normalized spacial score (nSPS) is 17.8. The standard InChI is InChI=1S/C25H27FN4O2S/c1-16-15-18(17(2)30(16)21-11-5-4-9-19(21)26)24-23(20-10-6-7-13-27-20)28-25(33)29(24)14-8-12-22(31)32-3/h4-7,9-11,13,15,23-24H,8,12,14H2,1-3H3,(H,28,33)/t23-,24+/m1/s1. The molecule has 0 amide bonds. The van der Waals surface area contributed by atoms with Gasteiger partial charge in [-0.25, -0.2) is 4.39 Å². The van der Waals surface area contributed by atoms with Crippen LogP contribution in [-0.2, 0) is 9.53 Å². The molecule has 6 nitrogen and oxygen atoms in total. The molecule has 0 aliphatic carbocycles. The number of halogens is 1. The molecule has 0 radical (unpaired) electrons. The van der Waals surface area contributed by atoms with Crippen LogP contribution in [0.2, 0.25) is 0 Å². The maximum atomic E-state index is 14.7. The van der Waals surface area contributed by atoms with Gasteiger partial charge in [0.15, 0.2) is 5.11 Å². The highest BCUT2D eigenvalue weighted by atomic mass is 32.1. The Morgan fingerprint density at radius 3 is 2.67 bits per heavy atom. The van der Waals surface area contributed by atoms with E-state index >= 15 is 0 Å². The molecule has 1 saturated heterocycles. The van der Waals surface area contributed by atoms with Crippen molar-refractivity contribution in [1.29, 1.82) is 0 Å². The first-order chi connectivity index (χ1) is 15.9. The number of carbonyl (C=O) groups is 1. The van der Waals surface area contributed by atoms with Gasteiger partial charge < -0.3 is 19.5 Å². The second-order valence-corrected chi connectivity index (χ2v) is 8.50. The van der Waals surface area contributed by atoms with Gasteiger partial charge >= 0.3 is 5.97 Å². The number of para-hydroxylation sites is 1. The lowest BCUT2D eigenvalue weighted by atomic mass is 9.96. The Balaban J connectivity index is 1.76. The Morgan fingerprint density at radius 1 is 1.21 bits per heavy atom. The number of hydrogen-bond donors (Lipinski definition) is 1. The van der Waals surface area contributed by atoms with Crippen LogP contribution >= 0.6 is 12.2 Å². The molecule has 1 fully saturated rings. The van der Waals surface area contributed by atoms with Crippen LogP contribution < -0.4 is 5.32 Å². The summed E-state index contributed by atoms with van der Waals surface area (Å²) in [5.41, 5.74) is 4.29. The lowest BCUT2D eigenvalue weighted by Gasteiger charge is -2.28. The molecule has 0 unspecified atom stereocenters. The number of esters is 1. The lowest BCUT2D eigenvalue weighted by Crippen LogP contribution is -2.31. The van der Waals surface area contributed by atoms with E-state index in [-0.39, 0.29) is 23.9 Å². The maximum Gasteiger partial charge on any atom is 0.305 e. The summed E-state index contributed by atoms with van der Waals surface area (Å²) in [7, 11) is 1.39. The van der Waals surface area contributed by atoms with Gasteiger partial charge in [0.05, 0.1) is 30.6 Å². The molecule has 0 spiro atoms. The predicted molar refractivity (Wildman–Crippen MR) is 129 cm³/mol. The van der Waals surface area contributed by atoms with Gasteiger partial charge in [-0.3, -0.25) is 9.78 Å². The van der Waals surface area contributed by atoms with Crippen molar-refractivity contribution >= 4 is 23.3 Å². The fraction of sp³-hybridized carbons (Fsp3) is 0.320. The predicted octanol–water partition coefficient (Wildman–Crippen LogP) is 4.55. The summed E-state index contributed by atoms with van der Waals surface area (Å²) in [4.78, 5) is 18.3. The molecule has 2 atom stereocenters. The zero-order valence-corrected chi connectivity index (χ0v) is 19.7. The first-order valence-corrected chi connectivity index (χ1v) is 11.3. The van der Waals surface area contributed by atoms with E-state index in [1.54, 1.807) is 18.3 Å². The molecular weight excluding hydrogens is 439 g/mol. The number of ether oxygens (including phenoxy) is 1. The number of carbonyl (C=O) groups excluding carboxylic acids is 1. The van der Waals surface area contributed by atoms with Gasteiger partial charge in [0.25, 0.3) is 0 Å². The number of pyridine rings is 1. The number of nitrogens with zero attached hydrogens (tertiary/aromatic N) is 3. The number of rotatable bonds is 7. The minimum Gasteiger partial charge on any atom is -0.469 e. The monoisotopic (exact) mass is 466 g/mol. The summed E-state index contributed by atoms with van der Waals surface area (Å²) in [6.45, 7) is 4.55. The average Bonchev–Trinajstić information content (AvgIpc) is 3.30. The summed E-state index contributed by atoms with van der Waals surface area (Å²) in [5.74, 6) is -0.522. The van der Waals surface area contributed by atoms with Gasteiger partial charge in [-0.05, 0) is 68.4 Å². The molecule has 0 saturated carbocycles. The lowest BCUT2D eigenvalue weighted by molar-refractivity contribution is -0.140. The van der Waals surface area contributed by atoms with E-state index in [4.69, 9.17) is 17.0 Å². The first kappa shape index (κ1) is 22.9. The van der Waals surface area contributed by atoms with E-state index in [9.17, 15) is 9.18 Å². The topological polar surface area (TPSA) is 59.4 Å². The summed E-state index contributed by atoms with van der Waals surface area (Å²) in [5, 5.41) is 4.03. The Morgan fingerprint density at radius 2 is 1.97 bits per heavy atom. The van der Waals surface area contributed by atoms with E-state index in [0.717, 1.165) is 22.6 Å². The number of nitrogens with one attached hydrogen (secondary N) is 1. The summed E-state index contributed by atoms with van der Waals surface area (Å²) >= 11 is 5.70. The van der Waals surface area contributed by atoms with Crippen molar-refractivity contribution in [2.45, 2.75) is 38.8 Å². The van der Waals surface area contributed by atoms with Gasteiger partial charge in [0.2, 0.25) is 0 Å². The zero-order chi connectivity index (χ0) is 23.5. The molecule has 0 bridgehead atoms. The van der Waals surface area contributed by atoms with E-state index in [0.29, 0.717) is 30.2 Å². The Bertz CT molecular complexity index is 1160. The molecule has 1 aliphatic rings. The van der Waals surface area contributed by atoms with Crippen molar-refractivity contribution in [3.63, 3.8) is 0 Å². The van der Waals surface area contributed by atoms with Crippen LogP contribution in [0.5, 0.6) is 0 Å². The van der Waals surface area contributed by atoms with Gasteiger partial charge in [-0.2, -0.15) is 0 Å². The molecular formula is C25H27FN4O2S. The summed E-state index contributed by atoms with van der Waals surface area (Å²) < 4.78 is 21.4. The minimum atomic E-state index is -0.276. The number of methoxy groups -OCH3 is 1. The molecule has 8 heteroatoms. The van der Waals surface area contributed by atoms with Crippen LogP contribution in [0, 0.1) is 19.7 Å². The third kappa shape index (κ3) is 4.48. The van der Waals surface area contributed by atoms with Crippen LogP contribution in [0.15, 0.2) is 54.7 Å². The molecule has 33 heavy (non-hydrogen) atoms. The number of thiocarbonyl (C=S) groups is 1. The van der Waals surface area contributed by atoms with Crippen molar-refractivity contribution in [1.82, 2.24) is 19.8 Å². The second kappa shape index (κ2) is 9.70. The second-order valence-electron chi connectivity index (χ2n) is 8.11. The molecule has 1 N–H and O–H groups in total. The van der Waals surface area contributed by atoms with Crippen LogP contribution in [0.25, 0.3) is 5.69 Å². The van der Waals surface area contributed by atoms with Crippen molar-refractivity contribution < 1.29 is 13.9 Å². The molecule has 3 heterocycles. The van der Waals surface area contributed by atoms with Crippen molar-refractivity contribution in [3.8, 4) is 5.69 Å². The Kier molecular flexibility index (Phi) is 6.74. The van der Waals surface area contributed by atoms with E-state index in [2.05, 4.69) is 21.3 Å². The van der Waals surface area contributed by atoms with Crippen molar-refractivity contribution in [2.75, 3.05) is 13.7 Å². The average molecular weight is 467 g/mol. The van der Waals surface area contributed by atoms with E-state index in [1.807, 2.05) is 42.7 Å². The van der Waals surface area contributed by atoms with E-state index < -0.39 is 0 Å². The molecule has 2 aromatic heterocycles.